The number of fused-ring (bicyclic) bond motifs is 6. The van der Waals surface area contributed by atoms with Gasteiger partial charge in [0, 0.05) is 33.5 Å². The monoisotopic (exact) mass is 848 g/mol. The Morgan fingerprint density at radius 1 is 0.303 bits per heavy atom. The van der Waals surface area contributed by atoms with Gasteiger partial charge in [-0.3, -0.25) is 0 Å². The fourth-order valence-corrected chi connectivity index (χ4v) is 13.0. The molecule has 0 fully saturated rings. The summed E-state index contributed by atoms with van der Waals surface area (Å²) >= 11 is 0. The Morgan fingerprint density at radius 3 is 1.02 bits per heavy atom. The van der Waals surface area contributed by atoms with Gasteiger partial charge in [-0.2, -0.15) is 0 Å². The van der Waals surface area contributed by atoms with Crippen molar-refractivity contribution in [3.8, 4) is 0 Å². The van der Waals surface area contributed by atoms with E-state index in [1.165, 1.54) is 155 Å². The summed E-state index contributed by atoms with van der Waals surface area (Å²) in [5, 5.41) is 7.82. The summed E-state index contributed by atoms with van der Waals surface area (Å²) in [4.78, 5) is 5.26. The van der Waals surface area contributed by atoms with Gasteiger partial charge in [-0.05, 0) is 147 Å². The first kappa shape index (κ1) is 40.5. The van der Waals surface area contributed by atoms with E-state index in [1.807, 2.05) is 0 Å². The van der Waals surface area contributed by atoms with Gasteiger partial charge in [-0.25, -0.2) is 0 Å². The van der Waals surface area contributed by atoms with E-state index in [0.717, 1.165) is 0 Å². The van der Waals surface area contributed by atoms with Crippen LogP contribution in [0.1, 0.15) is 55.6 Å². The molecular formula is C62H54B2N2. The van der Waals surface area contributed by atoms with Crippen LogP contribution >= 0.6 is 0 Å². The molecule has 2 aliphatic heterocycles. The largest absolute Gasteiger partial charge is 0.310 e. The van der Waals surface area contributed by atoms with Crippen molar-refractivity contribution in [3.63, 3.8) is 0 Å². The molecule has 4 heteroatoms. The first-order valence-electron chi connectivity index (χ1n) is 23.8. The van der Waals surface area contributed by atoms with Crippen LogP contribution in [0.5, 0.6) is 0 Å². The summed E-state index contributed by atoms with van der Waals surface area (Å²) in [5.41, 5.74) is 28.9. The van der Waals surface area contributed by atoms with Crippen molar-refractivity contribution in [3.05, 3.63) is 201 Å². The second-order valence-corrected chi connectivity index (χ2v) is 19.8. The highest BCUT2D eigenvalue weighted by Crippen LogP contribution is 2.50. The SMILES string of the molecule is Cc1cc(C)c(B2c3ccccc3N(c3c(C)cccc3C)c3c2cc2ccc4c5c(cc6ccc3c2c64)B(c2c(C)cc(C)cc2C)c2ccccc2N5c2c(C)cccc2C)c(C)c1. The Bertz CT molecular complexity index is 3360. The van der Waals surface area contributed by atoms with Crippen LogP contribution in [-0.2, 0) is 0 Å². The average Bonchev–Trinajstić information content (AvgIpc) is 3.28. The third kappa shape index (κ3) is 5.70. The summed E-state index contributed by atoms with van der Waals surface area (Å²) in [6.45, 7) is 23.0. The Hall–Kier alpha value is -7.03. The van der Waals surface area contributed by atoms with Crippen LogP contribution in [-0.4, -0.2) is 13.4 Å². The number of para-hydroxylation sites is 4. The minimum absolute atomic E-state index is 0.0600. The van der Waals surface area contributed by atoms with E-state index in [2.05, 4.69) is 225 Å². The van der Waals surface area contributed by atoms with Crippen molar-refractivity contribution < 1.29 is 0 Å². The molecule has 0 radical (unpaired) electrons. The lowest BCUT2D eigenvalue weighted by atomic mass is 9.33. The van der Waals surface area contributed by atoms with E-state index >= 15 is 0 Å². The van der Waals surface area contributed by atoms with Crippen LogP contribution in [0.4, 0.5) is 34.1 Å². The van der Waals surface area contributed by atoms with E-state index in [1.54, 1.807) is 0 Å². The zero-order valence-electron chi connectivity index (χ0n) is 39.9. The molecular weight excluding hydrogens is 794 g/mol. The standard InChI is InChI=1S/C62H54B2N2/c1-35-29-41(7)57(42(8)30-35)63-49-21-11-13-23-53(49)65(59-37(3)17-15-18-38(59)4)61-47-27-26-46-34-52-62(48-28-25-45(33-51(61)63)55(47)56(46)48)66(60-39(5)19-16-20-40(60)6)54-24-14-12-22-50(54)64(52)58-43(9)31-36(2)32-44(58)10/h11-34H,1-10H3. The van der Waals surface area contributed by atoms with Crippen LogP contribution in [0.15, 0.2) is 146 Å². The Balaban J connectivity index is 1.24. The molecule has 0 aliphatic carbocycles. The summed E-state index contributed by atoms with van der Waals surface area (Å²) in [7, 11) is 0. The maximum absolute atomic E-state index is 2.63. The third-order valence-corrected chi connectivity index (χ3v) is 15.3. The highest BCUT2D eigenvalue weighted by molar-refractivity contribution is 6.99. The second kappa shape index (κ2) is 14.7. The highest BCUT2D eigenvalue weighted by Gasteiger charge is 2.42. The second-order valence-electron chi connectivity index (χ2n) is 19.8. The zero-order chi connectivity index (χ0) is 45.4. The lowest BCUT2D eigenvalue weighted by Gasteiger charge is -2.41. The molecule has 0 aromatic heterocycles. The van der Waals surface area contributed by atoms with Crippen LogP contribution in [0.25, 0.3) is 32.3 Å². The maximum Gasteiger partial charge on any atom is 0.247 e. The number of anilines is 6. The normalized spacial score (nSPS) is 13.2. The number of hydrogen-bond donors (Lipinski definition) is 0. The van der Waals surface area contributed by atoms with Crippen molar-refractivity contribution in [1.29, 1.82) is 0 Å². The van der Waals surface area contributed by atoms with E-state index in [0.29, 0.717) is 0 Å². The molecule has 2 aliphatic rings. The van der Waals surface area contributed by atoms with E-state index in [9.17, 15) is 0 Å². The lowest BCUT2D eigenvalue weighted by molar-refractivity contribution is 1.23. The summed E-state index contributed by atoms with van der Waals surface area (Å²) in [5.74, 6) is 0. The van der Waals surface area contributed by atoms with E-state index in [4.69, 9.17) is 0 Å². The molecule has 66 heavy (non-hydrogen) atoms. The maximum atomic E-state index is 2.63. The van der Waals surface area contributed by atoms with Gasteiger partial charge in [0.15, 0.2) is 0 Å². The topological polar surface area (TPSA) is 6.48 Å². The summed E-state index contributed by atoms with van der Waals surface area (Å²) in [6, 6.07) is 56.4. The summed E-state index contributed by atoms with van der Waals surface area (Å²) < 4.78 is 0. The van der Waals surface area contributed by atoms with E-state index in [-0.39, 0.29) is 13.4 Å². The van der Waals surface area contributed by atoms with Crippen LogP contribution in [0.2, 0.25) is 0 Å². The number of rotatable bonds is 4. The minimum Gasteiger partial charge on any atom is -0.310 e. The predicted octanol–water partition coefficient (Wildman–Crippen LogP) is 12.3. The lowest BCUT2D eigenvalue weighted by Crippen LogP contribution is -2.59. The molecule has 0 N–H and O–H groups in total. The molecule has 2 nitrogen and oxygen atoms in total. The van der Waals surface area contributed by atoms with Gasteiger partial charge in [0.25, 0.3) is 0 Å². The van der Waals surface area contributed by atoms with Gasteiger partial charge in [-0.15, -0.1) is 0 Å². The Kier molecular flexibility index (Phi) is 9.04. The smallest absolute Gasteiger partial charge is 0.247 e. The van der Waals surface area contributed by atoms with Gasteiger partial charge in [0.2, 0.25) is 13.4 Å². The fraction of sp³-hybridized carbons (Fsp3) is 0.161. The number of nitrogens with zero attached hydrogens (tertiary/aromatic N) is 2. The molecule has 2 heterocycles. The molecule has 0 unspecified atom stereocenters. The zero-order valence-corrected chi connectivity index (χ0v) is 39.9. The number of hydrogen-bond acceptors (Lipinski definition) is 2. The number of benzene rings is 10. The average molecular weight is 849 g/mol. The summed E-state index contributed by atoms with van der Waals surface area (Å²) in [6.07, 6.45) is 0. The van der Waals surface area contributed by atoms with Crippen molar-refractivity contribution in [2.75, 3.05) is 9.80 Å². The molecule has 10 aromatic rings. The predicted molar refractivity (Wildman–Crippen MR) is 289 cm³/mol. The molecule has 318 valence electrons. The van der Waals surface area contributed by atoms with Crippen molar-refractivity contribution in [2.45, 2.75) is 69.2 Å². The van der Waals surface area contributed by atoms with Gasteiger partial charge in [-0.1, -0.05) is 178 Å². The Morgan fingerprint density at radius 2 is 0.652 bits per heavy atom. The van der Waals surface area contributed by atoms with Gasteiger partial charge >= 0.3 is 0 Å². The Labute approximate surface area is 391 Å². The molecule has 0 bridgehead atoms. The molecule has 0 amide bonds. The quantitative estimate of drug-likeness (QED) is 0.129. The number of aryl methyl sites for hydroxylation is 10. The van der Waals surface area contributed by atoms with Crippen LogP contribution < -0.4 is 42.6 Å². The molecule has 0 saturated heterocycles. The van der Waals surface area contributed by atoms with E-state index < -0.39 is 0 Å². The molecule has 0 atom stereocenters. The van der Waals surface area contributed by atoms with Gasteiger partial charge < -0.3 is 9.80 Å². The first-order valence-corrected chi connectivity index (χ1v) is 23.8. The minimum atomic E-state index is 0.0600. The van der Waals surface area contributed by atoms with Crippen molar-refractivity contribution in [2.24, 2.45) is 0 Å². The fourth-order valence-electron chi connectivity index (χ4n) is 13.0. The highest BCUT2D eigenvalue weighted by atomic mass is 15.2. The van der Waals surface area contributed by atoms with Gasteiger partial charge in [0.05, 0.1) is 11.4 Å². The van der Waals surface area contributed by atoms with Crippen LogP contribution in [0, 0.1) is 69.2 Å². The third-order valence-electron chi connectivity index (χ3n) is 15.3. The first-order chi connectivity index (χ1) is 31.9. The molecule has 0 spiro atoms. The van der Waals surface area contributed by atoms with Crippen LogP contribution in [0.3, 0.4) is 0 Å². The van der Waals surface area contributed by atoms with Crippen molar-refractivity contribution >= 4 is 113 Å². The molecule has 12 rings (SSSR count). The molecule has 10 aromatic carbocycles. The molecule has 0 saturated carbocycles. The van der Waals surface area contributed by atoms with Crippen molar-refractivity contribution in [1.82, 2.24) is 0 Å². The van der Waals surface area contributed by atoms with Gasteiger partial charge in [0.1, 0.15) is 0 Å².